The van der Waals surface area contributed by atoms with E-state index in [0.29, 0.717) is 10.9 Å². The van der Waals surface area contributed by atoms with Crippen molar-refractivity contribution in [3.63, 3.8) is 0 Å². The van der Waals surface area contributed by atoms with Crippen LogP contribution in [-0.2, 0) is 0 Å². The highest BCUT2D eigenvalue weighted by molar-refractivity contribution is 6.29. The second kappa shape index (κ2) is 6.10. The Labute approximate surface area is 128 Å². The molecule has 6 heteroatoms. The highest BCUT2D eigenvalue weighted by atomic mass is 35.5. The summed E-state index contributed by atoms with van der Waals surface area (Å²) in [4.78, 5) is 10.5. The van der Waals surface area contributed by atoms with Crippen molar-refractivity contribution in [1.29, 1.82) is 0 Å². The molecule has 0 aliphatic carbocycles. The number of aromatic nitrogens is 4. The average molecular weight is 302 g/mol. The zero-order valence-electron chi connectivity index (χ0n) is 11.8. The predicted octanol–water partition coefficient (Wildman–Crippen LogP) is 3.72. The quantitative estimate of drug-likeness (QED) is 0.674. The summed E-state index contributed by atoms with van der Waals surface area (Å²) in [6.07, 6.45) is 3.68. The zero-order valence-corrected chi connectivity index (χ0v) is 12.5. The lowest BCUT2D eigenvalue weighted by Gasteiger charge is -2.25. The van der Waals surface area contributed by atoms with Crippen molar-refractivity contribution >= 4 is 28.9 Å². The Morgan fingerprint density at radius 3 is 2.81 bits per heavy atom. The molecule has 5 nitrogen and oxygen atoms in total. The number of fused-ring (bicyclic) bond motifs is 1. The van der Waals surface area contributed by atoms with Crippen LogP contribution in [0.15, 0.2) is 42.7 Å². The summed E-state index contributed by atoms with van der Waals surface area (Å²) in [6.45, 7) is 3.06. The number of benzene rings is 1. The molecule has 3 aromatic rings. The smallest absolute Gasteiger partial charge is 0.255 e. The van der Waals surface area contributed by atoms with Crippen molar-refractivity contribution < 1.29 is 0 Å². The van der Waals surface area contributed by atoms with Crippen LogP contribution in [0.2, 0.25) is 5.15 Å². The molecule has 0 aliphatic rings. The normalized spacial score (nSPS) is 11.0. The number of halogens is 1. The third kappa shape index (κ3) is 2.83. The largest absolute Gasteiger partial charge is 0.326 e. The third-order valence-electron chi connectivity index (χ3n) is 3.28. The molecule has 0 aliphatic heterocycles. The molecule has 0 saturated heterocycles. The van der Waals surface area contributed by atoms with Gasteiger partial charge in [0.15, 0.2) is 0 Å². The van der Waals surface area contributed by atoms with Gasteiger partial charge in [0.25, 0.3) is 5.78 Å². The summed E-state index contributed by atoms with van der Waals surface area (Å²) in [5, 5.41) is 4.68. The van der Waals surface area contributed by atoms with E-state index in [4.69, 9.17) is 11.6 Å². The van der Waals surface area contributed by atoms with Crippen molar-refractivity contribution in [2.24, 2.45) is 0 Å². The minimum absolute atomic E-state index is 0.419. The summed E-state index contributed by atoms with van der Waals surface area (Å²) in [5.41, 5.74) is 1.10. The molecule has 21 heavy (non-hydrogen) atoms. The molecular formula is C15H16ClN5. The minimum Gasteiger partial charge on any atom is -0.326 e. The molecule has 0 atom stereocenters. The Kier molecular flexibility index (Phi) is 4.01. The van der Waals surface area contributed by atoms with Crippen molar-refractivity contribution in [3.05, 3.63) is 47.9 Å². The number of unbranched alkanes of at least 4 members (excludes halogenated alkanes) is 1. The number of hydrogen-bond acceptors (Lipinski definition) is 4. The van der Waals surface area contributed by atoms with E-state index in [-0.39, 0.29) is 0 Å². The molecule has 0 bridgehead atoms. The van der Waals surface area contributed by atoms with Crippen molar-refractivity contribution in [2.75, 3.05) is 11.4 Å². The van der Waals surface area contributed by atoms with Gasteiger partial charge in [-0.3, -0.25) is 0 Å². The van der Waals surface area contributed by atoms with E-state index in [1.54, 1.807) is 4.52 Å². The molecule has 0 saturated carbocycles. The lowest BCUT2D eigenvalue weighted by molar-refractivity contribution is 0.765. The summed E-state index contributed by atoms with van der Waals surface area (Å²) >= 11 is 6.13. The van der Waals surface area contributed by atoms with E-state index in [2.05, 4.69) is 39.0 Å². The number of rotatable bonds is 5. The number of nitrogens with zero attached hydrogens (tertiary/aromatic N) is 5. The van der Waals surface area contributed by atoms with Crippen LogP contribution in [-0.4, -0.2) is 26.1 Å². The number of para-hydroxylation sites is 1. The molecule has 0 unspecified atom stereocenters. The summed E-state index contributed by atoms with van der Waals surface area (Å²) in [7, 11) is 0. The predicted molar refractivity (Wildman–Crippen MR) is 84.1 cm³/mol. The lowest BCUT2D eigenvalue weighted by Crippen LogP contribution is -2.21. The van der Waals surface area contributed by atoms with E-state index < -0.39 is 0 Å². The SMILES string of the molecule is CCCCN(c1ccccc1)c1cc(Cl)nc2ncnn12. The molecule has 2 heterocycles. The molecule has 0 N–H and O–H groups in total. The first-order valence-corrected chi connectivity index (χ1v) is 7.36. The van der Waals surface area contributed by atoms with Crippen LogP contribution in [0.1, 0.15) is 19.8 Å². The monoisotopic (exact) mass is 301 g/mol. The molecule has 108 valence electrons. The molecule has 1 aromatic carbocycles. The maximum absolute atomic E-state index is 6.13. The summed E-state index contributed by atoms with van der Waals surface area (Å²) in [5.74, 6) is 1.39. The van der Waals surface area contributed by atoms with Gasteiger partial charge in [0.1, 0.15) is 17.3 Å². The van der Waals surface area contributed by atoms with E-state index >= 15 is 0 Å². The molecular weight excluding hydrogens is 286 g/mol. The van der Waals surface area contributed by atoms with Gasteiger partial charge in [-0.2, -0.15) is 19.6 Å². The fourth-order valence-electron chi connectivity index (χ4n) is 2.26. The van der Waals surface area contributed by atoms with E-state index in [1.807, 2.05) is 24.3 Å². The topological polar surface area (TPSA) is 46.3 Å². The van der Waals surface area contributed by atoms with Gasteiger partial charge in [-0.05, 0) is 18.6 Å². The maximum atomic E-state index is 6.13. The molecule has 2 aromatic heterocycles. The summed E-state index contributed by atoms with van der Waals surface area (Å²) < 4.78 is 1.72. The van der Waals surface area contributed by atoms with Crippen molar-refractivity contribution in [1.82, 2.24) is 19.6 Å². The highest BCUT2D eigenvalue weighted by Gasteiger charge is 2.15. The first-order valence-electron chi connectivity index (χ1n) is 6.98. The van der Waals surface area contributed by atoms with Gasteiger partial charge < -0.3 is 4.90 Å². The van der Waals surface area contributed by atoms with Crippen LogP contribution >= 0.6 is 11.6 Å². The van der Waals surface area contributed by atoms with E-state index in [1.165, 1.54) is 6.33 Å². The number of anilines is 2. The second-order valence-corrected chi connectivity index (χ2v) is 5.14. The third-order valence-corrected chi connectivity index (χ3v) is 3.48. The van der Waals surface area contributed by atoms with Crippen LogP contribution in [0, 0.1) is 0 Å². The van der Waals surface area contributed by atoms with Gasteiger partial charge in [0.05, 0.1) is 0 Å². The standard InChI is InChI=1S/C15H16ClN5/c1-2-3-9-20(12-7-5-4-6-8-12)14-10-13(16)19-15-17-11-18-21(14)15/h4-8,10-11H,2-3,9H2,1H3. The summed E-state index contributed by atoms with van der Waals surface area (Å²) in [6, 6.07) is 12.0. The average Bonchev–Trinajstić information content (AvgIpc) is 2.96. The van der Waals surface area contributed by atoms with Crippen molar-refractivity contribution in [3.8, 4) is 0 Å². The van der Waals surface area contributed by atoms with Crippen LogP contribution in [0.5, 0.6) is 0 Å². The Balaban J connectivity index is 2.12. The molecule has 0 radical (unpaired) electrons. The Morgan fingerprint density at radius 1 is 1.24 bits per heavy atom. The highest BCUT2D eigenvalue weighted by Crippen LogP contribution is 2.27. The van der Waals surface area contributed by atoms with Crippen LogP contribution in [0.3, 0.4) is 0 Å². The van der Waals surface area contributed by atoms with Gasteiger partial charge in [-0.1, -0.05) is 43.1 Å². The van der Waals surface area contributed by atoms with Crippen LogP contribution in [0.4, 0.5) is 11.5 Å². The van der Waals surface area contributed by atoms with E-state index in [0.717, 1.165) is 30.9 Å². The van der Waals surface area contributed by atoms with E-state index in [9.17, 15) is 0 Å². The first kappa shape index (κ1) is 13.8. The Morgan fingerprint density at radius 2 is 2.05 bits per heavy atom. The Hall–Kier alpha value is -2.14. The fraction of sp³-hybridized carbons (Fsp3) is 0.267. The molecule has 0 spiro atoms. The fourth-order valence-corrected chi connectivity index (χ4v) is 2.43. The van der Waals surface area contributed by atoms with Gasteiger partial charge in [-0.25, -0.2) is 0 Å². The number of hydrogen-bond donors (Lipinski definition) is 0. The molecule has 0 fully saturated rings. The maximum Gasteiger partial charge on any atom is 0.255 e. The van der Waals surface area contributed by atoms with Crippen LogP contribution < -0.4 is 4.90 Å². The van der Waals surface area contributed by atoms with Gasteiger partial charge >= 0.3 is 0 Å². The lowest BCUT2D eigenvalue weighted by atomic mass is 10.2. The molecule has 3 rings (SSSR count). The van der Waals surface area contributed by atoms with Gasteiger partial charge in [0.2, 0.25) is 0 Å². The van der Waals surface area contributed by atoms with Gasteiger partial charge in [0, 0.05) is 18.3 Å². The second-order valence-electron chi connectivity index (χ2n) is 4.75. The van der Waals surface area contributed by atoms with Crippen LogP contribution in [0.25, 0.3) is 5.78 Å². The zero-order chi connectivity index (χ0) is 14.7. The minimum atomic E-state index is 0.419. The molecule has 0 amide bonds. The first-order chi connectivity index (χ1) is 10.3. The van der Waals surface area contributed by atoms with Gasteiger partial charge in [-0.15, -0.1) is 0 Å². The van der Waals surface area contributed by atoms with Crippen molar-refractivity contribution in [2.45, 2.75) is 19.8 Å². The Bertz CT molecular complexity index is 725.